The summed E-state index contributed by atoms with van der Waals surface area (Å²) < 4.78 is 0. The van der Waals surface area contributed by atoms with E-state index >= 15 is 0 Å². The molecule has 0 saturated heterocycles. The van der Waals surface area contributed by atoms with E-state index in [1.165, 1.54) is 23.5 Å². The fraction of sp³-hybridized carbons (Fsp3) is 0.200. The largest absolute Gasteiger partial charge is 0.481 e. The summed E-state index contributed by atoms with van der Waals surface area (Å²) >= 11 is 14.5. The standard InChI is InChI=1S/C20H18Cl2N2O3S2/c1-11(23-19(27)20-24-16-9-15(22)6-7-17(16)29-20)28-10-13(8-18(25)26)12-2-4-14(21)5-3-12/h2,4-7,9-10,12,20,24H,1,3,8H2,(H,23,27)(H,25,26). The molecular formula is C20H18Cl2N2O3S2. The van der Waals surface area contributed by atoms with Gasteiger partial charge in [-0.15, -0.1) is 0 Å². The monoisotopic (exact) mass is 468 g/mol. The van der Waals surface area contributed by atoms with Crippen LogP contribution in [0, 0.1) is 5.92 Å². The van der Waals surface area contributed by atoms with Gasteiger partial charge in [0.05, 0.1) is 17.1 Å². The van der Waals surface area contributed by atoms with Crippen LogP contribution in [-0.2, 0) is 9.59 Å². The number of carboxylic acid groups (broad SMARTS) is 1. The maximum Gasteiger partial charge on any atom is 0.307 e. The van der Waals surface area contributed by atoms with Crippen molar-refractivity contribution in [3.05, 3.63) is 69.1 Å². The number of carboxylic acids is 1. The molecule has 0 aromatic heterocycles. The van der Waals surface area contributed by atoms with Gasteiger partial charge in [-0.2, -0.15) is 0 Å². The number of carbonyl (C=O) groups is 2. The Morgan fingerprint density at radius 3 is 2.90 bits per heavy atom. The Labute approximate surface area is 187 Å². The molecule has 0 fully saturated rings. The molecule has 1 aliphatic carbocycles. The topological polar surface area (TPSA) is 78.4 Å². The van der Waals surface area contributed by atoms with Gasteiger partial charge in [0.2, 0.25) is 0 Å². The molecule has 1 amide bonds. The van der Waals surface area contributed by atoms with E-state index in [0.717, 1.165) is 16.2 Å². The Kier molecular flexibility index (Phi) is 7.40. The van der Waals surface area contributed by atoms with Crippen LogP contribution in [0.1, 0.15) is 12.8 Å². The molecule has 0 radical (unpaired) electrons. The second-order valence-corrected chi connectivity index (χ2v) is 9.35. The van der Waals surface area contributed by atoms with Gasteiger partial charge in [0.1, 0.15) is 0 Å². The van der Waals surface area contributed by atoms with Gasteiger partial charge >= 0.3 is 5.97 Å². The number of nitrogens with one attached hydrogen (secondary N) is 2. The van der Waals surface area contributed by atoms with Crippen LogP contribution in [0.3, 0.4) is 0 Å². The Hall–Kier alpha value is -1.80. The number of hydrogen-bond acceptors (Lipinski definition) is 5. The first-order valence-corrected chi connectivity index (χ1v) is 11.2. The van der Waals surface area contributed by atoms with Crippen molar-refractivity contribution in [2.24, 2.45) is 5.92 Å². The maximum atomic E-state index is 12.5. The van der Waals surface area contributed by atoms with Gasteiger partial charge in [-0.3, -0.25) is 9.59 Å². The number of rotatable bonds is 7. The molecule has 1 aromatic rings. The van der Waals surface area contributed by atoms with Crippen LogP contribution in [0.25, 0.3) is 0 Å². The summed E-state index contributed by atoms with van der Waals surface area (Å²) in [6, 6.07) is 5.42. The number of allylic oxidation sites excluding steroid dienone is 4. The summed E-state index contributed by atoms with van der Waals surface area (Å²) in [5.74, 6) is -1.19. The van der Waals surface area contributed by atoms with Gasteiger partial charge in [-0.25, -0.2) is 0 Å². The van der Waals surface area contributed by atoms with Crippen LogP contribution >= 0.6 is 46.7 Å². The van der Waals surface area contributed by atoms with E-state index in [1.54, 1.807) is 23.6 Å². The van der Waals surface area contributed by atoms with Crippen molar-refractivity contribution >= 4 is 64.3 Å². The van der Waals surface area contributed by atoms with Gasteiger partial charge in [0, 0.05) is 20.9 Å². The molecule has 29 heavy (non-hydrogen) atoms. The van der Waals surface area contributed by atoms with E-state index in [1.807, 2.05) is 18.2 Å². The quantitative estimate of drug-likeness (QED) is 0.485. The average Bonchev–Trinajstić information content (AvgIpc) is 3.09. The molecule has 2 aliphatic rings. The highest BCUT2D eigenvalue weighted by Gasteiger charge is 2.28. The summed E-state index contributed by atoms with van der Waals surface area (Å²) in [7, 11) is 0. The zero-order chi connectivity index (χ0) is 21.0. The minimum absolute atomic E-state index is 0.0455. The molecule has 1 aliphatic heterocycles. The summed E-state index contributed by atoms with van der Waals surface area (Å²) in [4.78, 5) is 24.7. The lowest BCUT2D eigenvalue weighted by Gasteiger charge is -2.17. The number of fused-ring (bicyclic) bond motifs is 1. The van der Waals surface area contributed by atoms with Crippen LogP contribution < -0.4 is 10.6 Å². The van der Waals surface area contributed by atoms with E-state index < -0.39 is 11.3 Å². The maximum absolute atomic E-state index is 12.5. The Morgan fingerprint density at radius 2 is 2.21 bits per heavy atom. The molecule has 9 heteroatoms. The minimum atomic E-state index is -0.913. The first-order valence-electron chi connectivity index (χ1n) is 8.65. The summed E-state index contributed by atoms with van der Waals surface area (Å²) in [6.07, 6.45) is 6.05. The predicted molar refractivity (Wildman–Crippen MR) is 121 cm³/mol. The van der Waals surface area contributed by atoms with Crippen molar-refractivity contribution in [1.82, 2.24) is 5.32 Å². The number of aliphatic carboxylic acids is 1. The third kappa shape index (κ3) is 6.09. The van der Waals surface area contributed by atoms with Crippen molar-refractivity contribution in [1.29, 1.82) is 0 Å². The molecule has 2 unspecified atom stereocenters. The van der Waals surface area contributed by atoms with Crippen molar-refractivity contribution in [2.75, 3.05) is 5.32 Å². The third-order valence-electron chi connectivity index (χ3n) is 4.21. The lowest BCUT2D eigenvalue weighted by molar-refractivity contribution is -0.136. The molecule has 0 bridgehead atoms. The molecule has 1 heterocycles. The Morgan fingerprint density at radius 1 is 1.41 bits per heavy atom. The molecule has 5 nitrogen and oxygen atoms in total. The van der Waals surface area contributed by atoms with E-state index in [-0.39, 0.29) is 18.2 Å². The first kappa shape index (κ1) is 21.9. The van der Waals surface area contributed by atoms with Gasteiger partial charge in [0.15, 0.2) is 5.37 Å². The molecule has 152 valence electrons. The van der Waals surface area contributed by atoms with E-state index in [2.05, 4.69) is 17.2 Å². The van der Waals surface area contributed by atoms with E-state index in [4.69, 9.17) is 23.2 Å². The number of halogens is 2. The Bertz CT molecular complexity index is 944. The number of hydrogen-bond donors (Lipinski definition) is 3. The molecule has 3 N–H and O–H groups in total. The van der Waals surface area contributed by atoms with Crippen LogP contribution in [0.2, 0.25) is 5.02 Å². The number of amides is 1. The highest BCUT2D eigenvalue weighted by atomic mass is 35.5. The molecule has 1 aromatic carbocycles. The summed E-state index contributed by atoms with van der Waals surface area (Å²) in [5, 5.41) is 18.0. The lowest BCUT2D eigenvalue weighted by Crippen LogP contribution is -2.34. The fourth-order valence-electron chi connectivity index (χ4n) is 2.82. The summed E-state index contributed by atoms with van der Waals surface area (Å²) in [6.45, 7) is 3.87. The SMILES string of the molecule is C=C(NC(=O)C1Nc2cc(Cl)ccc2S1)SC=C(CC(=O)O)C1C=CC(Cl)=CC1. The van der Waals surface area contributed by atoms with Crippen LogP contribution in [0.5, 0.6) is 0 Å². The Balaban J connectivity index is 1.58. The van der Waals surface area contributed by atoms with Gasteiger partial charge in [0.25, 0.3) is 5.91 Å². The van der Waals surface area contributed by atoms with Crippen LogP contribution in [-0.4, -0.2) is 22.4 Å². The first-order chi connectivity index (χ1) is 13.8. The van der Waals surface area contributed by atoms with E-state index in [9.17, 15) is 14.7 Å². The fourth-order valence-corrected chi connectivity index (χ4v) is 4.86. The van der Waals surface area contributed by atoms with Crippen LogP contribution in [0.15, 0.2) is 68.9 Å². The number of anilines is 1. The normalized spacial score (nSPS) is 20.5. The summed E-state index contributed by atoms with van der Waals surface area (Å²) in [5.41, 5.74) is 1.55. The zero-order valence-corrected chi connectivity index (χ0v) is 18.3. The molecule has 2 atom stereocenters. The second kappa shape index (κ2) is 9.80. The predicted octanol–water partition coefficient (Wildman–Crippen LogP) is 5.56. The number of benzene rings is 1. The van der Waals surface area contributed by atoms with E-state index in [0.29, 0.717) is 21.5 Å². The lowest BCUT2D eigenvalue weighted by atomic mass is 9.91. The van der Waals surface area contributed by atoms with Crippen LogP contribution in [0.4, 0.5) is 5.69 Å². The average molecular weight is 469 g/mol. The minimum Gasteiger partial charge on any atom is -0.481 e. The van der Waals surface area contributed by atoms with Crippen molar-refractivity contribution in [2.45, 2.75) is 23.1 Å². The smallest absolute Gasteiger partial charge is 0.307 e. The van der Waals surface area contributed by atoms with Gasteiger partial charge < -0.3 is 15.7 Å². The van der Waals surface area contributed by atoms with Gasteiger partial charge in [-0.1, -0.05) is 65.5 Å². The molecular weight excluding hydrogens is 451 g/mol. The van der Waals surface area contributed by atoms with Crippen molar-refractivity contribution < 1.29 is 14.7 Å². The third-order valence-corrected chi connectivity index (χ3v) is 6.71. The highest BCUT2D eigenvalue weighted by Crippen LogP contribution is 2.40. The van der Waals surface area contributed by atoms with Crippen molar-refractivity contribution in [3.63, 3.8) is 0 Å². The molecule has 0 spiro atoms. The highest BCUT2D eigenvalue weighted by molar-refractivity contribution is 8.05. The molecule has 0 saturated carbocycles. The second-order valence-electron chi connectivity index (χ2n) is 6.37. The van der Waals surface area contributed by atoms with Crippen molar-refractivity contribution in [3.8, 4) is 0 Å². The number of carbonyl (C=O) groups excluding carboxylic acids is 1. The zero-order valence-electron chi connectivity index (χ0n) is 15.2. The number of thioether (sulfide) groups is 2. The van der Waals surface area contributed by atoms with Gasteiger partial charge in [-0.05, 0) is 41.7 Å². The molecule has 3 rings (SSSR count).